The van der Waals surface area contributed by atoms with Crippen molar-refractivity contribution in [1.29, 1.82) is 0 Å². The van der Waals surface area contributed by atoms with E-state index in [9.17, 15) is 21.2 Å². The number of nitrogens with zero attached hydrogens (tertiary/aromatic N) is 2. The highest BCUT2D eigenvalue weighted by Crippen LogP contribution is 2.26. The molecule has 0 N–H and O–H groups in total. The first-order chi connectivity index (χ1) is 13.5. The molecular formula is C19H22ClFN2O4S2. The molecule has 1 saturated heterocycles. The van der Waals surface area contributed by atoms with Crippen molar-refractivity contribution in [1.82, 2.24) is 9.21 Å². The van der Waals surface area contributed by atoms with Gasteiger partial charge in [-0.25, -0.2) is 21.2 Å². The summed E-state index contributed by atoms with van der Waals surface area (Å²) in [5.74, 6) is -0.388. The Labute approximate surface area is 175 Å². The van der Waals surface area contributed by atoms with Crippen LogP contribution in [0.25, 0.3) is 0 Å². The third kappa shape index (κ3) is 4.80. The zero-order valence-electron chi connectivity index (χ0n) is 16.1. The Morgan fingerprint density at radius 3 is 2.28 bits per heavy atom. The molecule has 0 atom stereocenters. The molecule has 0 aromatic heterocycles. The van der Waals surface area contributed by atoms with Gasteiger partial charge in [0.05, 0.1) is 9.79 Å². The van der Waals surface area contributed by atoms with Crippen LogP contribution < -0.4 is 0 Å². The molecule has 0 saturated carbocycles. The summed E-state index contributed by atoms with van der Waals surface area (Å²) < 4.78 is 65.2. The molecule has 2 aromatic rings. The molecule has 158 valence electrons. The van der Waals surface area contributed by atoms with E-state index in [1.165, 1.54) is 28.6 Å². The minimum Gasteiger partial charge on any atom is -0.296 e. The molecule has 2 aromatic carbocycles. The Kier molecular flexibility index (Phi) is 6.35. The Hall–Kier alpha value is -1.52. The highest BCUT2D eigenvalue weighted by molar-refractivity contribution is 7.91. The molecule has 0 radical (unpaired) electrons. The fourth-order valence-corrected chi connectivity index (χ4v) is 5.88. The van der Waals surface area contributed by atoms with Crippen LogP contribution in [0, 0.1) is 12.7 Å². The van der Waals surface area contributed by atoms with Crippen molar-refractivity contribution in [3.05, 3.63) is 58.4 Å². The van der Waals surface area contributed by atoms with Gasteiger partial charge in [-0.2, -0.15) is 4.31 Å². The highest BCUT2D eigenvalue weighted by Gasteiger charge is 2.30. The zero-order chi connectivity index (χ0) is 21.4. The van der Waals surface area contributed by atoms with E-state index < -0.39 is 19.9 Å². The van der Waals surface area contributed by atoms with Crippen molar-refractivity contribution in [3.63, 3.8) is 0 Å². The van der Waals surface area contributed by atoms with Crippen molar-refractivity contribution in [2.45, 2.75) is 23.3 Å². The molecule has 0 aliphatic carbocycles. The van der Waals surface area contributed by atoms with Crippen LogP contribution in [0.15, 0.2) is 46.2 Å². The lowest BCUT2D eigenvalue weighted by Gasteiger charge is -2.34. The van der Waals surface area contributed by atoms with Gasteiger partial charge < -0.3 is 0 Å². The lowest BCUT2D eigenvalue weighted by Crippen LogP contribution is -2.48. The molecule has 1 aliphatic heterocycles. The topological polar surface area (TPSA) is 74.8 Å². The largest absolute Gasteiger partial charge is 0.296 e. The second-order valence-corrected chi connectivity index (χ2v) is 11.4. The number of aryl methyl sites for hydroxylation is 1. The molecule has 0 unspecified atom stereocenters. The molecule has 0 bridgehead atoms. The van der Waals surface area contributed by atoms with Crippen LogP contribution >= 0.6 is 11.6 Å². The first-order valence-electron chi connectivity index (χ1n) is 8.96. The number of sulfonamides is 1. The molecule has 1 heterocycles. The van der Waals surface area contributed by atoms with Crippen LogP contribution in [0.1, 0.15) is 11.1 Å². The van der Waals surface area contributed by atoms with Crippen LogP contribution in [-0.2, 0) is 26.4 Å². The Bertz CT molecular complexity index is 1110. The van der Waals surface area contributed by atoms with E-state index in [0.717, 1.165) is 6.26 Å². The average molecular weight is 461 g/mol. The van der Waals surface area contributed by atoms with Crippen molar-refractivity contribution in [2.24, 2.45) is 0 Å². The number of piperazine rings is 1. The molecule has 6 nitrogen and oxygen atoms in total. The summed E-state index contributed by atoms with van der Waals surface area (Å²) in [7, 11) is -7.37. The van der Waals surface area contributed by atoms with Gasteiger partial charge in [-0.1, -0.05) is 23.7 Å². The molecule has 10 heteroatoms. The van der Waals surface area contributed by atoms with Crippen LogP contribution in [0.5, 0.6) is 0 Å². The van der Waals surface area contributed by atoms with E-state index >= 15 is 0 Å². The Balaban J connectivity index is 1.77. The summed E-state index contributed by atoms with van der Waals surface area (Å²) in [5.41, 5.74) is 0.875. The molecule has 1 fully saturated rings. The van der Waals surface area contributed by atoms with Crippen molar-refractivity contribution in [3.8, 4) is 0 Å². The normalized spacial score (nSPS) is 16.8. The van der Waals surface area contributed by atoms with Gasteiger partial charge in [0.2, 0.25) is 10.0 Å². The lowest BCUT2D eigenvalue weighted by atomic mass is 10.2. The Morgan fingerprint density at radius 2 is 1.69 bits per heavy atom. The number of sulfone groups is 1. The van der Waals surface area contributed by atoms with Crippen molar-refractivity contribution < 1.29 is 21.2 Å². The fraction of sp³-hybridized carbons (Fsp3) is 0.368. The smallest absolute Gasteiger partial charge is 0.243 e. The van der Waals surface area contributed by atoms with E-state index in [1.54, 1.807) is 19.1 Å². The standard InChI is InChI=1S/C19H22ClFN2O4S2/c1-14-6-7-15(28(2,24)25)12-19(14)29(26,27)23-10-8-22(9-11-23)13-16-17(20)4-3-5-18(16)21/h3-7,12H,8-11,13H2,1-2H3. The monoisotopic (exact) mass is 460 g/mol. The SMILES string of the molecule is Cc1ccc(S(C)(=O)=O)cc1S(=O)(=O)N1CCN(Cc2c(F)cccc2Cl)CC1. The number of benzene rings is 2. The van der Waals surface area contributed by atoms with Gasteiger partial charge in [0.15, 0.2) is 9.84 Å². The average Bonchev–Trinajstić information content (AvgIpc) is 2.64. The summed E-state index contributed by atoms with van der Waals surface area (Å²) in [6.07, 6.45) is 1.04. The first-order valence-corrected chi connectivity index (χ1v) is 12.7. The van der Waals surface area contributed by atoms with Gasteiger partial charge in [0.25, 0.3) is 0 Å². The van der Waals surface area contributed by atoms with Crippen LogP contribution in [-0.4, -0.2) is 58.5 Å². The summed E-state index contributed by atoms with van der Waals surface area (Å²) in [4.78, 5) is 1.90. The second-order valence-electron chi connectivity index (χ2n) is 7.08. The maximum atomic E-state index is 14.0. The van der Waals surface area contributed by atoms with Crippen LogP contribution in [0.2, 0.25) is 5.02 Å². The quantitative estimate of drug-likeness (QED) is 0.685. The third-order valence-corrected chi connectivity index (χ3v) is 8.49. The van der Waals surface area contributed by atoms with Crippen molar-refractivity contribution >= 4 is 31.5 Å². The number of halogens is 2. The van der Waals surface area contributed by atoms with Gasteiger partial charge >= 0.3 is 0 Å². The van der Waals surface area contributed by atoms with E-state index in [1.807, 2.05) is 4.90 Å². The van der Waals surface area contributed by atoms with Crippen LogP contribution in [0.3, 0.4) is 0 Å². The van der Waals surface area contributed by atoms with Gasteiger partial charge in [0, 0.05) is 49.6 Å². The number of rotatable bonds is 5. The van der Waals surface area contributed by atoms with Crippen molar-refractivity contribution in [2.75, 3.05) is 32.4 Å². The molecule has 0 spiro atoms. The maximum absolute atomic E-state index is 14.0. The molecule has 0 amide bonds. The van der Waals surface area contributed by atoms with E-state index in [-0.39, 0.29) is 28.7 Å². The summed E-state index contributed by atoms with van der Waals surface area (Å²) in [6, 6.07) is 8.63. The minimum atomic E-state index is -3.85. The zero-order valence-corrected chi connectivity index (χ0v) is 18.5. The molecule has 29 heavy (non-hydrogen) atoms. The summed E-state index contributed by atoms with van der Waals surface area (Å²) in [6.45, 7) is 3.19. The fourth-order valence-electron chi connectivity index (χ4n) is 3.26. The van der Waals surface area contributed by atoms with E-state index in [4.69, 9.17) is 11.6 Å². The highest BCUT2D eigenvalue weighted by atomic mass is 35.5. The van der Waals surface area contributed by atoms with Gasteiger partial charge in [0.1, 0.15) is 5.82 Å². The molecular weight excluding hydrogens is 439 g/mol. The predicted octanol–water partition coefficient (Wildman–Crippen LogP) is 2.70. The molecule has 3 rings (SSSR count). The number of hydrogen-bond donors (Lipinski definition) is 0. The lowest BCUT2D eigenvalue weighted by molar-refractivity contribution is 0.180. The van der Waals surface area contributed by atoms with Gasteiger partial charge in [-0.05, 0) is 36.8 Å². The minimum absolute atomic E-state index is 0.00831. The third-order valence-electron chi connectivity index (χ3n) is 4.98. The number of hydrogen-bond acceptors (Lipinski definition) is 5. The first kappa shape index (κ1) is 22.2. The van der Waals surface area contributed by atoms with E-state index in [0.29, 0.717) is 35.8 Å². The summed E-state index contributed by atoms with van der Waals surface area (Å²) in [5, 5.41) is 0.341. The van der Waals surface area contributed by atoms with Gasteiger partial charge in [-0.15, -0.1) is 0 Å². The van der Waals surface area contributed by atoms with Crippen LogP contribution in [0.4, 0.5) is 4.39 Å². The second kappa shape index (κ2) is 8.31. The summed E-state index contributed by atoms with van der Waals surface area (Å²) >= 11 is 6.08. The molecule has 1 aliphatic rings. The maximum Gasteiger partial charge on any atom is 0.243 e. The van der Waals surface area contributed by atoms with Gasteiger partial charge in [-0.3, -0.25) is 4.90 Å². The predicted molar refractivity (Wildman–Crippen MR) is 110 cm³/mol. The van der Waals surface area contributed by atoms with E-state index in [2.05, 4.69) is 0 Å². The Morgan fingerprint density at radius 1 is 1.03 bits per heavy atom.